The van der Waals surface area contributed by atoms with Crippen LogP contribution in [0.3, 0.4) is 0 Å². The summed E-state index contributed by atoms with van der Waals surface area (Å²) in [7, 11) is 1.63. The third kappa shape index (κ3) is 9.34. The van der Waals surface area contributed by atoms with Gasteiger partial charge in [-0.3, -0.25) is 4.99 Å². The Hall–Kier alpha value is -1.81. The highest BCUT2D eigenvalue weighted by Crippen LogP contribution is 2.28. The second-order valence-corrected chi connectivity index (χ2v) is 7.44. The molecule has 0 saturated heterocycles. The third-order valence-electron chi connectivity index (χ3n) is 3.85. The fourth-order valence-electron chi connectivity index (χ4n) is 2.29. The smallest absolute Gasteiger partial charge is 0.333 e. The van der Waals surface area contributed by atoms with Crippen LogP contribution in [0.15, 0.2) is 23.2 Å². The van der Waals surface area contributed by atoms with E-state index in [4.69, 9.17) is 23.7 Å². The van der Waals surface area contributed by atoms with Crippen LogP contribution in [0.4, 0.5) is 0 Å². The van der Waals surface area contributed by atoms with Crippen LogP contribution in [-0.4, -0.2) is 81.3 Å². The van der Waals surface area contributed by atoms with Gasteiger partial charge in [-0.2, -0.15) is 0 Å². The second kappa shape index (κ2) is 14.2. The fraction of sp³-hybridized carbons (Fsp3) is 0.619. The number of hydrogen-bond acceptors (Lipinski definition) is 9. The van der Waals surface area contributed by atoms with Crippen molar-refractivity contribution in [3.8, 4) is 11.5 Å². The van der Waals surface area contributed by atoms with E-state index in [2.05, 4.69) is 4.99 Å². The zero-order valence-corrected chi connectivity index (χ0v) is 19.3. The molecule has 0 aliphatic carbocycles. The molecule has 0 heterocycles. The van der Waals surface area contributed by atoms with Crippen molar-refractivity contribution in [2.45, 2.75) is 26.3 Å². The molecule has 8 nitrogen and oxygen atoms in total. The van der Waals surface area contributed by atoms with E-state index in [-0.39, 0.29) is 12.4 Å². The van der Waals surface area contributed by atoms with Gasteiger partial charge in [0, 0.05) is 18.7 Å². The van der Waals surface area contributed by atoms with Gasteiger partial charge in [0.1, 0.15) is 23.1 Å². The van der Waals surface area contributed by atoms with E-state index in [1.807, 2.05) is 6.26 Å². The Labute approximate surface area is 182 Å². The average molecular weight is 444 g/mol. The van der Waals surface area contributed by atoms with Crippen molar-refractivity contribution in [2.75, 3.05) is 59.6 Å². The highest BCUT2D eigenvalue weighted by molar-refractivity contribution is 8.13. The van der Waals surface area contributed by atoms with Crippen LogP contribution in [0.1, 0.15) is 26.3 Å². The number of carbonyl (C=O) groups excluding carboxylic acids is 1. The minimum absolute atomic E-state index is 0.0210. The number of nitrogens with zero attached hydrogens (tertiary/aromatic N) is 1. The topological polar surface area (TPSA) is 95.8 Å². The maximum atomic E-state index is 12.1. The molecule has 0 aliphatic rings. The lowest BCUT2D eigenvalue weighted by atomic mass is 10.1. The molecule has 0 radical (unpaired) electrons. The Morgan fingerprint density at radius 1 is 1.10 bits per heavy atom. The van der Waals surface area contributed by atoms with E-state index >= 15 is 0 Å². The first-order valence-electron chi connectivity index (χ1n) is 9.77. The molecule has 1 aromatic carbocycles. The van der Waals surface area contributed by atoms with Gasteiger partial charge in [0.05, 0.1) is 39.6 Å². The maximum absolute atomic E-state index is 12.1. The van der Waals surface area contributed by atoms with Crippen molar-refractivity contribution in [3.05, 3.63) is 23.8 Å². The first-order valence-corrected chi connectivity index (χ1v) is 11.0. The maximum Gasteiger partial charge on any atom is 0.333 e. The van der Waals surface area contributed by atoms with Crippen LogP contribution in [0, 0.1) is 0 Å². The molecule has 0 unspecified atom stereocenters. The predicted octanol–water partition coefficient (Wildman–Crippen LogP) is 2.90. The molecular weight excluding hydrogens is 410 g/mol. The highest BCUT2D eigenvalue weighted by Gasteiger charge is 2.29. The molecule has 1 rings (SSSR count). The van der Waals surface area contributed by atoms with Crippen LogP contribution < -0.4 is 4.74 Å². The van der Waals surface area contributed by atoms with Gasteiger partial charge in [-0.25, -0.2) is 4.79 Å². The van der Waals surface area contributed by atoms with E-state index in [1.54, 1.807) is 40.0 Å². The number of hydrogen-bond donors (Lipinski definition) is 1. The zero-order valence-electron chi connectivity index (χ0n) is 18.4. The van der Waals surface area contributed by atoms with Crippen LogP contribution in [0.5, 0.6) is 11.5 Å². The van der Waals surface area contributed by atoms with Gasteiger partial charge in [-0.05, 0) is 39.2 Å². The monoisotopic (exact) mass is 443 g/mol. The minimum Gasteiger partial charge on any atom is -0.507 e. The Kier molecular flexibility index (Phi) is 12.4. The summed E-state index contributed by atoms with van der Waals surface area (Å²) in [6.07, 6.45) is 1.83. The molecule has 9 heteroatoms. The Bertz CT molecular complexity index is 679. The highest BCUT2D eigenvalue weighted by atomic mass is 32.2. The van der Waals surface area contributed by atoms with Gasteiger partial charge in [0.15, 0.2) is 5.54 Å². The molecule has 30 heavy (non-hydrogen) atoms. The number of benzene rings is 1. The van der Waals surface area contributed by atoms with Crippen molar-refractivity contribution in [1.82, 2.24) is 0 Å². The lowest BCUT2D eigenvalue weighted by Crippen LogP contribution is -2.32. The average Bonchev–Trinajstić information content (AvgIpc) is 2.71. The van der Waals surface area contributed by atoms with E-state index in [0.29, 0.717) is 56.0 Å². The predicted molar refractivity (Wildman–Crippen MR) is 118 cm³/mol. The third-order valence-corrected chi connectivity index (χ3v) is 4.55. The first-order chi connectivity index (χ1) is 14.4. The minimum atomic E-state index is -1.05. The van der Waals surface area contributed by atoms with Gasteiger partial charge in [0.2, 0.25) is 0 Å². The van der Waals surface area contributed by atoms with Gasteiger partial charge in [-0.15, -0.1) is 11.8 Å². The molecule has 1 N–H and O–H groups in total. The summed E-state index contributed by atoms with van der Waals surface area (Å²) in [5, 5.41) is 11.0. The van der Waals surface area contributed by atoms with Crippen LogP contribution in [-0.2, 0) is 23.7 Å². The number of aromatic hydroxyl groups is 1. The Balaban J connectivity index is 2.59. The molecule has 0 aromatic heterocycles. The van der Waals surface area contributed by atoms with Gasteiger partial charge >= 0.3 is 5.97 Å². The van der Waals surface area contributed by atoms with Gasteiger partial charge in [0.25, 0.3) is 0 Å². The molecule has 0 saturated carbocycles. The largest absolute Gasteiger partial charge is 0.507 e. The number of esters is 1. The summed E-state index contributed by atoms with van der Waals surface area (Å²) >= 11 is 1.34. The summed E-state index contributed by atoms with van der Waals surface area (Å²) in [6, 6.07) is 4.98. The number of carbonyl (C=O) groups is 1. The van der Waals surface area contributed by atoms with Crippen molar-refractivity contribution in [1.29, 1.82) is 0 Å². The van der Waals surface area contributed by atoms with Crippen LogP contribution in [0.2, 0.25) is 0 Å². The van der Waals surface area contributed by atoms with E-state index < -0.39 is 11.5 Å². The number of aliphatic imine (C=N–C) groups is 1. The van der Waals surface area contributed by atoms with Crippen molar-refractivity contribution >= 4 is 22.8 Å². The molecule has 0 fully saturated rings. The number of thioether (sulfide) groups is 1. The molecule has 0 spiro atoms. The summed E-state index contributed by atoms with van der Waals surface area (Å²) in [5.41, 5.74) is -0.530. The molecular formula is C21H33NO7S. The molecule has 0 amide bonds. The number of methoxy groups -OCH3 is 1. The van der Waals surface area contributed by atoms with Crippen LogP contribution in [0.25, 0.3) is 0 Å². The quantitative estimate of drug-likeness (QED) is 0.203. The van der Waals surface area contributed by atoms with Gasteiger partial charge < -0.3 is 28.8 Å². The van der Waals surface area contributed by atoms with E-state index in [9.17, 15) is 9.90 Å². The lowest BCUT2D eigenvalue weighted by molar-refractivity contribution is -0.148. The van der Waals surface area contributed by atoms with Crippen LogP contribution >= 0.6 is 11.8 Å². The number of ether oxygens (including phenoxy) is 5. The number of phenolic OH excluding ortho intramolecular Hbond substituents is 1. The van der Waals surface area contributed by atoms with Crippen molar-refractivity contribution in [3.63, 3.8) is 0 Å². The van der Waals surface area contributed by atoms with E-state index in [1.165, 1.54) is 17.8 Å². The molecule has 170 valence electrons. The Morgan fingerprint density at radius 3 is 2.30 bits per heavy atom. The normalized spacial score (nSPS) is 12.1. The summed E-state index contributed by atoms with van der Waals surface area (Å²) in [6.45, 7) is 8.22. The lowest BCUT2D eigenvalue weighted by Gasteiger charge is -2.19. The number of phenols is 1. The van der Waals surface area contributed by atoms with E-state index in [0.717, 1.165) is 0 Å². The Morgan fingerprint density at radius 2 is 1.73 bits per heavy atom. The summed E-state index contributed by atoms with van der Waals surface area (Å²) in [4.78, 5) is 16.6. The van der Waals surface area contributed by atoms with Gasteiger partial charge in [-0.1, -0.05) is 0 Å². The van der Waals surface area contributed by atoms with Crippen molar-refractivity contribution in [2.24, 2.45) is 4.99 Å². The molecule has 0 aliphatic heterocycles. The summed E-state index contributed by atoms with van der Waals surface area (Å²) < 4.78 is 26.3. The number of rotatable bonds is 14. The standard InChI is InChI=1S/C21H33NO7S/c1-6-28-20(24)21(2,3)22-19(30-5)17-8-7-16(15-18(17)23)29-14-13-27-12-11-26-10-9-25-4/h7-8,15,23H,6,9-14H2,1-5H3/b22-19-. The SMILES string of the molecule is CCOC(=O)C(C)(C)/N=C(\SC)c1ccc(OCCOCCOCCOC)cc1O. The fourth-order valence-corrected chi connectivity index (χ4v) is 3.00. The first kappa shape index (κ1) is 26.2. The van der Waals surface area contributed by atoms with Crippen molar-refractivity contribution < 1.29 is 33.6 Å². The zero-order chi connectivity index (χ0) is 22.4. The molecule has 1 aromatic rings. The second-order valence-electron chi connectivity index (χ2n) is 6.65. The molecule has 0 atom stereocenters. The summed E-state index contributed by atoms with van der Waals surface area (Å²) in [5.74, 6) is 0.120. The molecule has 0 bridgehead atoms.